The second-order valence-electron chi connectivity index (χ2n) is 9.66. The lowest BCUT2D eigenvalue weighted by Gasteiger charge is -2.35. The molecule has 0 saturated carbocycles. The highest BCUT2D eigenvalue weighted by Gasteiger charge is 2.32. The van der Waals surface area contributed by atoms with Crippen LogP contribution >= 0.6 is 0 Å². The summed E-state index contributed by atoms with van der Waals surface area (Å²) in [6.45, 7) is 11.5. The highest BCUT2D eigenvalue weighted by molar-refractivity contribution is 5.51. The first-order valence-electron chi connectivity index (χ1n) is 12.3. The Balaban J connectivity index is 1.43. The number of likely N-dealkylation sites (N-methyl/N-ethyl adjacent to an activating group) is 1. The Labute approximate surface area is 200 Å². The fraction of sp³-hybridized carbons (Fsp3) is 0.577. The van der Waals surface area contributed by atoms with E-state index in [0.717, 1.165) is 56.0 Å². The summed E-state index contributed by atoms with van der Waals surface area (Å²) in [7, 11) is 2.13. The number of likely N-dealkylation sites (tertiary alicyclic amines) is 1. The molecule has 180 valence electrons. The second kappa shape index (κ2) is 10.2. The average molecular weight is 466 g/mol. The van der Waals surface area contributed by atoms with Gasteiger partial charge in [0, 0.05) is 42.6 Å². The maximum atomic E-state index is 14.5. The van der Waals surface area contributed by atoms with E-state index in [4.69, 9.17) is 26.0 Å². The van der Waals surface area contributed by atoms with Gasteiger partial charge in [-0.25, -0.2) is 11.0 Å². The summed E-state index contributed by atoms with van der Waals surface area (Å²) in [5, 5.41) is 0. The van der Waals surface area contributed by atoms with E-state index < -0.39 is 0 Å². The van der Waals surface area contributed by atoms with Gasteiger partial charge in [-0.15, -0.1) is 0 Å². The summed E-state index contributed by atoms with van der Waals surface area (Å²) in [5.41, 5.74) is 2.38. The van der Waals surface area contributed by atoms with E-state index in [9.17, 15) is 4.39 Å². The number of aromatic nitrogens is 2. The van der Waals surface area contributed by atoms with Crippen LogP contribution < -0.4 is 9.64 Å². The van der Waals surface area contributed by atoms with Gasteiger partial charge in [-0.3, -0.25) is 0 Å². The van der Waals surface area contributed by atoms with Gasteiger partial charge >= 0.3 is 6.01 Å². The fourth-order valence-corrected chi connectivity index (χ4v) is 5.39. The molecule has 2 saturated heterocycles. The molecule has 0 amide bonds. The molecule has 7 nitrogen and oxygen atoms in total. The molecule has 0 aliphatic carbocycles. The van der Waals surface area contributed by atoms with Crippen LogP contribution in [0.15, 0.2) is 24.3 Å². The monoisotopic (exact) mass is 465 g/mol. The quantitative estimate of drug-likeness (QED) is 0.601. The highest BCUT2D eigenvalue weighted by Crippen LogP contribution is 2.37. The summed E-state index contributed by atoms with van der Waals surface area (Å²) in [6.07, 6.45) is 4.48. The first kappa shape index (κ1) is 23.0. The van der Waals surface area contributed by atoms with Crippen molar-refractivity contribution in [2.24, 2.45) is 5.92 Å². The predicted octanol–water partition coefficient (Wildman–Crippen LogP) is 4.04. The summed E-state index contributed by atoms with van der Waals surface area (Å²) in [4.78, 5) is 17.8. The van der Waals surface area contributed by atoms with Gasteiger partial charge in [0.15, 0.2) is 0 Å². The van der Waals surface area contributed by atoms with Crippen LogP contribution in [-0.2, 0) is 17.8 Å². The van der Waals surface area contributed by atoms with Crippen LogP contribution in [0.25, 0.3) is 4.85 Å². The first-order valence-corrected chi connectivity index (χ1v) is 12.3. The van der Waals surface area contributed by atoms with E-state index in [-0.39, 0.29) is 11.9 Å². The number of fused-ring (bicyclic) bond motifs is 1. The van der Waals surface area contributed by atoms with Gasteiger partial charge in [-0.2, -0.15) is 9.97 Å². The minimum absolute atomic E-state index is 0.260. The second-order valence-corrected chi connectivity index (χ2v) is 9.66. The van der Waals surface area contributed by atoms with Gasteiger partial charge in [0.2, 0.25) is 6.54 Å². The third kappa shape index (κ3) is 4.86. The van der Waals surface area contributed by atoms with Gasteiger partial charge in [0.1, 0.15) is 18.2 Å². The number of nitrogens with zero attached hydrogens (tertiary/aromatic N) is 5. The molecule has 3 aliphatic rings. The zero-order valence-corrected chi connectivity index (χ0v) is 19.8. The van der Waals surface area contributed by atoms with Gasteiger partial charge < -0.3 is 24.1 Å². The molecule has 0 bridgehead atoms. The molecule has 3 atom stereocenters. The lowest BCUT2D eigenvalue weighted by atomic mass is 9.96. The van der Waals surface area contributed by atoms with E-state index in [2.05, 4.69) is 21.7 Å². The molecule has 34 heavy (non-hydrogen) atoms. The minimum atomic E-state index is -0.388. The van der Waals surface area contributed by atoms with Crippen molar-refractivity contribution in [3.05, 3.63) is 58.3 Å². The van der Waals surface area contributed by atoms with Crippen LogP contribution in [0.3, 0.4) is 0 Å². The van der Waals surface area contributed by atoms with Crippen molar-refractivity contribution in [3.63, 3.8) is 0 Å². The molecular formula is C26H32FN5O2. The standard InChI is InChI=1S/C26H32FN5O2/c1-28-14-18-7-5-12-32(15-18)25-21-17-33-24(20-9-3-4-10-22(20)27)13-23(21)29-26(30-25)34-16-19-8-6-11-31(19)2/h3-4,9-10,18-19,24H,5-8,11-17H2,2H3/t18-,19-,24?/m0/s1. The Morgan fingerprint density at radius 2 is 2.06 bits per heavy atom. The van der Waals surface area contributed by atoms with Crippen molar-refractivity contribution in [1.82, 2.24) is 14.9 Å². The largest absolute Gasteiger partial charge is 0.462 e. The van der Waals surface area contributed by atoms with Gasteiger partial charge in [0.25, 0.3) is 0 Å². The summed E-state index contributed by atoms with van der Waals surface area (Å²) >= 11 is 0. The van der Waals surface area contributed by atoms with Crippen molar-refractivity contribution in [2.45, 2.75) is 50.9 Å². The number of anilines is 1. The third-order valence-electron chi connectivity index (χ3n) is 7.35. The first-order chi connectivity index (χ1) is 16.6. The number of hydrogen-bond donors (Lipinski definition) is 0. The zero-order chi connectivity index (χ0) is 23.5. The van der Waals surface area contributed by atoms with Crippen LogP contribution in [0.5, 0.6) is 6.01 Å². The van der Waals surface area contributed by atoms with Gasteiger partial charge in [0.05, 0.1) is 18.4 Å². The van der Waals surface area contributed by atoms with Gasteiger partial charge in [-0.05, 0) is 45.3 Å². The normalized spacial score (nSPS) is 25.1. The third-order valence-corrected chi connectivity index (χ3v) is 7.35. The SMILES string of the molecule is [C-]#[N+]C[C@@H]1CCCN(c2nc(OC[C@@H]3CCCN3C)nc3c2COC(c2ccccc2F)C3)C1. The molecule has 8 heteroatoms. The van der Waals surface area contributed by atoms with Crippen molar-refractivity contribution in [2.75, 3.05) is 44.7 Å². The molecule has 1 unspecified atom stereocenters. The van der Waals surface area contributed by atoms with E-state index >= 15 is 0 Å². The Morgan fingerprint density at radius 1 is 1.21 bits per heavy atom. The van der Waals surface area contributed by atoms with Crippen LogP contribution in [0.2, 0.25) is 0 Å². The van der Waals surface area contributed by atoms with Crippen LogP contribution in [0.4, 0.5) is 10.2 Å². The Hall–Kier alpha value is -2.76. The number of ether oxygens (including phenoxy) is 2. The molecule has 4 heterocycles. The number of hydrogen-bond acceptors (Lipinski definition) is 6. The van der Waals surface area contributed by atoms with Crippen molar-refractivity contribution in [3.8, 4) is 6.01 Å². The molecule has 0 radical (unpaired) electrons. The van der Waals surface area contributed by atoms with Crippen LogP contribution in [0.1, 0.15) is 48.6 Å². The fourth-order valence-electron chi connectivity index (χ4n) is 5.39. The topological polar surface area (TPSA) is 55.1 Å². The number of benzene rings is 1. The van der Waals surface area contributed by atoms with E-state index in [0.29, 0.717) is 49.7 Å². The van der Waals surface area contributed by atoms with Gasteiger partial charge in [-0.1, -0.05) is 18.2 Å². The molecule has 3 aliphatic heterocycles. The summed E-state index contributed by atoms with van der Waals surface area (Å²) < 4.78 is 26.7. The molecule has 1 aromatic carbocycles. The van der Waals surface area contributed by atoms with Crippen molar-refractivity contribution in [1.29, 1.82) is 0 Å². The molecular weight excluding hydrogens is 433 g/mol. The maximum Gasteiger partial charge on any atom is 0.318 e. The van der Waals surface area contributed by atoms with Crippen LogP contribution in [0, 0.1) is 18.3 Å². The molecule has 1 aromatic heterocycles. The van der Waals surface area contributed by atoms with Crippen LogP contribution in [-0.4, -0.2) is 60.7 Å². The Kier molecular flexibility index (Phi) is 6.93. The molecule has 0 spiro atoms. The van der Waals surface area contributed by atoms with Crippen molar-refractivity contribution >= 4 is 5.82 Å². The van der Waals surface area contributed by atoms with E-state index in [1.807, 2.05) is 6.07 Å². The molecule has 0 N–H and O–H groups in total. The minimum Gasteiger partial charge on any atom is -0.462 e. The summed E-state index contributed by atoms with van der Waals surface area (Å²) in [5.74, 6) is 0.925. The Morgan fingerprint density at radius 3 is 2.85 bits per heavy atom. The zero-order valence-electron chi connectivity index (χ0n) is 19.8. The maximum absolute atomic E-state index is 14.5. The predicted molar refractivity (Wildman–Crippen MR) is 127 cm³/mol. The lowest BCUT2D eigenvalue weighted by molar-refractivity contribution is 0.0234. The Bertz CT molecular complexity index is 1060. The highest BCUT2D eigenvalue weighted by atomic mass is 19.1. The average Bonchev–Trinajstić information content (AvgIpc) is 3.27. The number of halogens is 1. The molecule has 2 fully saturated rings. The summed E-state index contributed by atoms with van der Waals surface area (Å²) in [6, 6.07) is 7.53. The van der Waals surface area contributed by atoms with E-state index in [1.165, 1.54) is 12.5 Å². The smallest absolute Gasteiger partial charge is 0.318 e. The lowest BCUT2D eigenvalue weighted by Crippen LogP contribution is -2.38. The number of rotatable bonds is 6. The van der Waals surface area contributed by atoms with Crippen molar-refractivity contribution < 1.29 is 13.9 Å². The molecule has 5 rings (SSSR count). The molecule has 2 aromatic rings. The number of piperidine rings is 1. The van der Waals surface area contributed by atoms with E-state index in [1.54, 1.807) is 12.1 Å².